The molecular weight excluding hydrogens is 537 g/mol. The minimum Gasteiger partial charge on any atom is -0.494 e. The number of benzene rings is 2. The van der Waals surface area contributed by atoms with E-state index in [2.05, 4.69) is 5.32 Å². The van der Waals surface area contributed by atoms with Gasteiger partial charge in [0.25, 0.3) is 0 Å². The number of hydrogen-bond donors (Lipinski definition) is 1. The maximum absolute atomic E-state index is 13.7. The predicted octanol–water partition coefficient (Wildman–Crippen LogP) is 4.88. The Morgan fingerprint density at radius 1 is 1.03 bits per heavy atom. The molecule has 0 bridgehead atoms. The summed E-state index contributed by atoms with van der Waals surface area (Å²) in [5.74, 6) is -0.297. The molecule has 1 atom stereocenters. The average molecular weight is 573 g/mol. The molecule has 0 fully saturated rings. The zero-order chi connectivity index (χ0) is 28.0. The van der Waals surface area contributed by atoms with E-state index in [4.69, 9.17) is 27.9 Å². The highest BCUT2D eigenvalue weighted by molar-refractivity contribution is 7.92. The van der Waals surface area contributed by atoms with Gasteiger partial charge in [0.1, 0.15) is 18.3 Å². The lowest BCUT2D eigenvalue weighted by Gasteiger charge is -2.34. The molecule has 2 rings (SSSR count). The van der Waals surface area contributed by atoms with Gasteiger partial charge in [0.05, 0.1) is 28.6 Å². The quantitative estimate of drug-likeness (QED) is 0.414. The van der Waals surface area contributed by atoms with Crippen LogP contribution in [0.25, 0.3) is 0 Å². The van der Waals surface area contributed by atoms with Crippen molar-refractivity contribution < 1.29 is 22.7 Å². The Labute approximate surface area is 229 Å². The molecule has 0 spiro atoms. The van der Waals surface area contributed by atoms with Gasteiger partial charge in [-0.15, -0.1) is 0 Å². The molecular formula is C26H35Cl2N3O5S. The molecule has 37 heavy (non-hydrogen) atoms. The molecule has 8 nitrogen and oxygen atoms in total. The first kappa shape index (κ1) is 30.7. The smallest absolute Gasteiger partial charge is 0.244 e. The highest BCUT2D eigenvalue weighted by atomic mass is 35.5. The molecule has 0 aromatic heterocycles. The molecule has 1 unspecified atom stereocenters. The summed E-state index contributed by atoms with van der Waals surface area (Å²) in [7, 11) is -3.83. The number of amides is 2. The molecule has 2 amide bonds. The fourth-order valence-corrected chi connectivity index (χ4v) is 4.87. The number of nitrogens with zero attached hydrogens (tertiary/aromatic N) is 2. The number of halogens is 2. The second kappa shape index (κ2) is 12.8. The van der Waals surface area contributed by atoms with E-state index in [1.165, 1.54) is 4.90 Å². The van der Waals surface area contributed by atoms with Gasteiger partial charge in [0.15, 0.2) is 0 Å². The van der Waals surface area contributed by atoms with E-state index in [1.54, 1.807) is 49.4 Å². The third-order valence-electron chi connectivity index (χ3n) is 5.34. The van der Waals surface area contributed by atoms with Gasteiger partial charge in [-0.2, -0.15) is 0 Å². The number of carbonyl (C=O) groups is 2. The largest absolute Gasteiger partial charge is 0.494 e. The zero-order valence-corrected chi connectivity index (χ0v) is 24.4. The van der Waals surface area contributed by atoms with Crippen LogP contribution in [0, 0.1) is 0 Å². The van der Waals surface area contributed by atoms with Gasteiger partial charge in [-0.05, 0) is 76.1 Å². The second-order valence-electron chi connectivity index (χ2n) is 9.63. The van der Waals surface area contributed by atoms with Crippen LogP contribution in [-0.4, -0.2) is 56.1 Å². The van der Waals surface area contributed by atoms with Gasteiger partial charge in [-0.1, -0.05) is 36.2 Å². The lowest BCUT2D eigenvalue weighted by molar-refractivity contribution is -0.141. The van der Waals surface area contributed by atoms with Crippen molar-refractivity contribution in [3.05, 3.63) is 58.1 Å². The fraction of sp³-hybridized carbons (Fsp3) is 0.462. The molecule has 0 aliphatic heterocycles. The first-order chi connectivity index (χ1) is 17.2. The van der Waals surface area contributed by atoms with Crippen LogP contribution < -0.4 is 14.4 Å². The van der Waals surface area contributed by atoms with Gasteiger partial charge in [0.2, 0.25) is 21.8 Å². The van der Waals surface area contributed by atoms with Crippen molar-refractivity contribution in [1.82, 2.24) is 10.2 Å². The maximum Gasteiger partial charge on any atom is 0.244 e. The van der Waals surface area contributed by atoms with Crippen LogP contribution in [0.2, 0.25) is 10.0 Å². The molecule has 0 heterocycles. The number of sulfonamides is 1. The van der Waals surface area contributed by atoms with Gasteiger partial charge in [0, 0.05) is 12.1 Å². The van der Waals surface area contributed by atoms with Gasteiger partial charge < -0.3 is 15.0 Å². The summed E-state index contributed by atoms with van der Waals surface area (Å²) in [4.78, 5) is 28.3. The van der Waals surface area contributed by atoms with Crippen LogP contribution in [0.15, 0.2) is 42.5 Å². The average Bonchev–Trinajstić information content (AvgIpc) is 2.78. The molecule has 2 aromatic carbocycles. The first-order valence-corrected chi connectivity index (χ1v) is 14.5. The van der Waals surface area contributed by atoms with Crippen molar-refractivity contribution in [3.63, 3.8) is 0 Å². The van der Waals surface area contributed by atoms with Crippen molar-refractivity contribution in [2.75, 3.05) is 23.7 Å². The summed E-state index contributed by atoms with van der Waals surface area (Å²) in [5, 5.41) is 3.59. The van der Waals surface area contributed by atoms with Crippen molar-refractivity contribution in [1.29, 1.82) is 0 Å². The summed E-state index contributed by atoms with van der Waals surface area (Å²) < 4.78 is 31.9. The zero-order valence-electron chi connectivity index (χ0n) is 22.0. The van der Waals surface area contributed by atoms with Crippen LogP contribution in [0.5, 0.6) is 5.75 Å². The van der Waals surface area contributed by atoms with Crippen molar-refractivity contribution >= 4 is 50.7 Å². The minimum absolute atomic E-state index is 0.0344. The lowest BCUT2D eigenvalue weighted by Crippen LogP contribution is -2.55. The highest BCUT2D eigenvalue weighted by Crippen LogP contribution is 2.26. The van der Waals surface area contributed by atoms with E-state index in [0.29, 0.717) is 40.1 Å². The summed E-state index contributed by atoms with van der Waals surface area (Å²) >= 11 is 12.2. The van der Waals surface area contributed by atoms with Crippen molar-refractivity contribution in [2.24, 2.45) is 0 Å². The molecule has 2 aromatic rings. The number of anilines is 1. The third-order valence-corrected chi connectivity index (χ3v) is 7.22. The number of rotatable bonds is 11. The van der Waals surface area contributed by atoms with Crippen molar-refractivity contribution in [2.45, 2.75) is 59.2 Å². The molecule has 0 aliphatic carbocycles. The number of ether oxygens (including phenoxy) is 1. The highest BCUT2D eigenvalue weighted by Gasteiger charge is 2.33. The monoisotopic (exact) mass is 571 g/mol. The Hall–Kier alpha value is -2.49. The summed E-state index contributed by atoms with van der Waals surface area (Å²) in [5.41, 5.74) is 0.432. The summed E-state index contributed by atoms with van der Waals surface area (Å²) in [6.07, 6.45) is 1.35. The Balaban J connectivity index is 2.46. The molecule has 1 N–H and O–H groups in total. The number of hydrogen-bond acceptors (Lipinski definition) is 5. The SMILES string of the molecule is CCOc1ccc(N(CC(=O)N(Cc2ccc(Cl)c(Cl)c2)C(CC)C(=O)NC(C)(C)C)S(C)(=O)=O)cc1. The van der Waals surface area contributed by atoms with Crippen LogP contribution in [0.4, 0.5) is 5.69 Å². The summed E-state index contributed by atoms with van der Waals surface area (Å²) in [6.45, 7) is 9.19. The van der Waals surface area contributed by atoms with E-state index < -0.39 is 34.1 Å². The first-order valence-electron chi connectivity index (χ1n) is 11.9. The van der Waals surface area contributed by atoms with E-state index >= 15 is 0 Å². The van der Waals surface area contributed by atoms with Crippen LogP contribution in [-0.2, 0) is 26.2 Å². The topological polar surface area (TPSA) is 96.0 Å². The molecule has 0 aliphatic rings. The Morgan fingerprint density at radius 3 is 2.14 bits per heavy atom. The molecule has 0 saturated heterocycles. The van der Waals surface area contributed by atoms with Crippen LogP contribution in [0.1, 0.15) is 46.6 Å². The Kier molecular flexibility index (Phi) is 10.7. The molecule has 0 radical (unpaired) electrons. The third kappa shape index (κ3) is 9.09. The van der Waals surface area contributed by atoms with Crippen LogP contribution in [0.3, 0.4) is 0 Å². The van der Waals surface area contributed by atoms with Gasteiger partial charge >= 0.3 is 0 Å². The van der Waals surface area contributed by atoms with Crippen molar-refractivity contribution in [3.8, 4) is 5.75 Å². The fourth-order valence-electron chi connectivity index (χ4n) is 3.70. The van der Waals surface area contributed by atoms with E-state index in [0.717, 1.165) is 10.6 Å². The van der Waals surface area contributed by atoms with Crippen LogP contribution >= 0.6 is 23.2 Å². The molecule has 11 heteroatoms. The van der Waals surface area contributed by atoms with E-state index in [9.17, 15) is 18.0 Å². The summed E-state index contributed by atoms with van der Waals surface area (Å²) in [6, 6.07) is 10.5. The maximum atomic E-state index is 13.7. The number of carbonyl (C=O) groups excluding carboxylic acids is 2. The number of nitrogens with one attached hydrogen (secondary N) is 1. The van der Waals surface area contributed by atoms with E-state index in [-0.39, 0.29) is 12.5 Å². The normalized spacial score (nSPS) is 12.5. The Morgan fingerprint density at radius 2 is 1.65 bits per heavy atom. The molecule has 0 saturated carbocycles. The lowest BCUT2D eigenvalue weighted by atomic mass is 10.1. The predicted molar refractivity (Wildman–Crippen MR) is 149 cm³/mol. The van der Waals surface area contributed by atoms with Gasteiger partial charge in [-0.3, -0.25) is 13.9 Å². The Bertz CT molecular complexity index is 1200. The van der Waals surface area contributed by atoms with E-state index in [1.807, 2.05) is 27.7 Å². The van der Waals surface area contributed by atoms with Gasteiger partial charge in [-0.25, -0.2) is 8.42 Å². The standard InChI is InChI=1S/C26H35Cl2N3O5S/c1-7-23(25(33)29-26(3,4)5)30(16-18-9-14-21(27)22(28)15-18)24(32)17-31(37(6,34)35)19-10-12-20(13-11-19)36-8-2/h9-15,23H,7-8,16-17H2,1-6H3,(H,29,33). The second-order valence-corrected chi connectivity index (χ2v) is 12.4. The molecule has 204 valence electrons. The minimum atomic E-state index is -3.83.